The molecule has 0 saturated heterocycles. The van der Waals surface area contributed by atoms with Crippen molar-refractivity contribution in [1.29, 1.82) is 0 Å². The number of hydrogen-bond acceptors (Lipinski definition) is 6. The fourth-order valence-corrected chi connectivity index (χ4v) is 2.45. The van der Waals surface area contributed by atoms with Crippen LogP contribution in [0.1, 0.15) is 12.5 Å². The number of rotatable bonds is 7. The first-order valence-electron chi connectivity index (χ1n) is 7.53. The summed E-state index contributed by atoms with van der Waals surface area (Å²) in [6, 6.07) is 0. The molecule has 8 heteroatoms. The molecule has 0 amide bonds. The zero-order chi connectivity index (χ0) is 17.0. The molecule has 0 spiro atoms. The maximum atomic E-state index is 12.5. The molecule has 0 fully saturated rings. The number of fused-ring (bicyclic) bond motifs is 1. The Kier molecular flexibility index (Phi) is 5.51. The molecule has 0 aliphatic heterocycles. The summed E-state index contributed by atoms with van der Waals surface area (Å²) >= 11 is 0. The number of aromatic nitrogens is 3. The molecule has 2 aromatic heterocycles. The molecule has 126 valence electrons. The lowest BCUT2D eigenvalue weighted by atomic mass is 10.1. The van der Waals surface area contributed by atoms with Gasteiger partial charge < -0.3 is 15.2 Å². The van der Waals surface area contributed by atoms with E-state index in [1.807, 2.05) is 6.92 Å². The zero-order valence-corrected chi connectivity index (χ0v) is 13.6. The van der Waals surface area contributed by atoms with Crippen molar-refractivity contribution in [3.63, 3.8) is 0 Å². The van der Waals surface area contributed by atoms with E-state index in [9.17, 15) is 9.59 Å². The molecule has 0 aliphatic rings. The summed E-state index contributed by atoms with van der Waals surface area (Å²) in [6.45, 7) is 3.11. The second-order valence-electron chi connectivity index (χ2n) is 5.18. The highest BCUT2D eigenvalue weighted by Gasteiger charge is 2.16. The maximum Gasteiger partial charge on any atom is 0.332 e. The van der Waals surface area contributed by atoms with E-state index in [0.29, 0.717) is 36.3 Å². The number of hydrogen-bond donors (Lipinski definition) is 2. The Labute approximate surface area is 133 Å². The SMILES string of the molecule is CCc1cnc2c(c1NCCOCCO)c(=O)n(C)c(=O)n2C. The van der Waals surface area contributed by atoms with Crippen LogP contribution in [0, 0.1) is 0 Å². The normalized spacial score (nSPS) is 11.1. The van der Waals surface area contributed by atoms with Crippen LogP contribution in [0.4, 0.5) is 5.69 Å². The third kappa shape index (κ3) is 3.27. The van der Waals surface area contributed by atoms with E-state index in [1.54, 1.807) is 13.2 Å². The van der Waals surface area contributed by atoms with Crippen molar-refractivity contribution in [2.45, 2.75) is 13.3 Å². The highest BCUT2D eigenvalue weighted by Crippen LogP contribution is 2.22. The van der Waals surface area contributed by atoms with Crippen LogP contribution in [-0.4, -0.2) is 45.6 Å². The third-order valence-electron chi connectivity index (χ3n) is 3.71. The molecule has 0 saturated carbocycles. The molecule has 0 aliphatic carbocycles. The van der Waals surface area contributed by atoms with Gasteiger partial charge in [-0.05, 0) is 12.0 Å². The second kappa shape index (κ2) is 7.38. The number of nitrogens with zero attached hydrogens (tertiary/aromatic N) is 3. The predicted molar refractivity (Wildman–Crippen MR) is 88.0 cm³/mol. The Morgan fingerprint density at radius 2 is 2.00 bits per heavy atom. The van der Waals surface area contributed by atoms with Crippen molar-refractivity contribution in [3.05, 3.63) is 32.6 Å². The van der Waals surface area contributed by atoms with Gasteiger partial charge in [0.05, 0.1) is 25.5 Å². The van der Waals surface area contributed by atoms with E-state index in [-0.39, 0.29) is 18.8 Å². The van der Waals surface area contributed by atoms with E-state index in [2.05, 4.69) is 10.3 Å². The molecule has 0 radical (unpaired) electrons. The molecule has 2 rings (SSSR count). The van der Waals surface area contributed by atoms with Crippen LogP contribution in [0.15, 0.2) is 15.8 Å². The fraction of sp³-hybridized carbons (Fsp3) is 0.533. The van der Waals surface area contributed by atoms with Crippen LogP contribution >= 0.6 is 0 Å². The average Bonchev–Trinajstić information content (AvgIpc) is 2.57. The Morgan fingerprint density at radius 3 is 2.65 bits per heavy atom. The monoisotopic (exact) mass is 322 g/mol. The summed E-state index contributed by atoms with van der Waals surface area (Å²) in [5.74, 6) is 0. The fourth-order valence-electron chi connectivity index (χ4n) is 2.45. The molecule has 2 aromatic rings. The Hall–Kier alpha value is -2.19. The van der Waals surface area contributed by atoms with Crippen LogP contribution < -0.4 is 16.6 Å². The van der Waals surface area contributed by atoms with Crippen LogP contribution in [0.25, 0.3) is 11.0 Å². The number of aliphatic hydroxyl groups excluding tert-OH is 1. The van der Waals surface area contributed by atoms with Gasteiger partial charge in [-0.1, -0.05) is 6.92 Å². The maximum absolute atomic E-state index is 12.5. The van der Waals surface area contributed by atoms with Crippen molar-refractivity contribution in [2.24, 2.45) is 14.1 Å². The molecular weight excluding hydrogens is 300 g/mol. The largest absolute Gasteiger partial charge is 0.394 e. The number of aliphatic hydroxyl groups is 1. The van der Waals surface area contributed by atoms with Gasteiger partial charge in [-0.25, -0.2) is 9.78 Å². The molecule has 2 heterocycles. The van der Waals surface area contributed by atoms with Crippen molar-refractivity contribution >= 4 is 16.7 Å². The van der Waals surface area contributed by atoms with Crippen molar-refractivity contribution in [1.82, 2.24) is 14.1 Å². The lowest BCUT2D eigenvalue weighted by molar-refractivity contribution is 0.0992. The van der Waals surface area contributed by atoms with Crippen LogP contribution in [0.2, 0.25) is 0 Å². The number of ether oxygens (including phenoxy) is 1. The molecule has 0 bridgehead atoms. The highest BCUT2D eigenvalue weighted by molar-refractivity contribution is 5.90. The van der Waals surface area contributed by atoms with Gasteiger partial charge in [-0.2, -0.15) is 0 Å². The highest BCUT2D eigenvalue weighted by atomic mass is 16.5. The topological polar surface area (TPSA) is 98.4 Å². The Morgan fingerprint density at radius 1 is 1.26 bits per heavy atom. The molecule has 8 nitrogen and oxygen atoms in total. The number of pyridine rings is 1. The van der Waals surface area contributed by atoms with Gasteiger partial charge >= 0.3 is 5.69 Å². The van der Waals surface area contributed by atoms with Gasteiger partial charge in [-0.15, -0.1) is 0 Å². The molecule has 0 atom stereocenters. The van der Waals surface area contributed by atoms with Gasteiger partial charge in [0.25, 0.3) is 5.56 Å². The summed E-state index contributed by atoms with van der Waals surface area (Å²) in [6.07, 6.45) is 2.38. The lowest BCUT2D eigenvalue weighted by Gasteiger charge is -2.15. The van der Waals surface area contributed by atoms with E-state index in [4.69, 9.17) is 9.84 Å². The minimum atomic E-state index is -0.406. The first-order valence-corrected chi connectivity index (χ1v) is 7.53. The number of anilines is 1. The van der Waals surface area contributed by atoms with Crippen molar-refractivity contribution in [3.8, 4) is 0 Å². The Bertz CT molecular complexity index is 810. The number of nitrogens with one attached hydrogen (secondary N) is 1. The van der Waals surface area contributed by atoms with E-state index >= 15 is 0 Å². The van der Waals surface area contributed by atoms with Crippen LogP contribution in [0.3, 0.4) is 0 Å². The van der Waals surface area contributed by atoms with Gasteiger partial charge in [-0.3, -0.25) is 13.9 Å². The summed E-state index contributed by atoms with van der Waals surface area (Å²) in [5.41, 5.74) is 1.16. The Balaban J connectivity index is 2.52. The third-order valence-corrected chi connectivity index (χ3v) is 3.71. The van der Waals surface area contributed by atoms with Gasteiger partial charge in [0.2, 0.25) is 0 Å². The van der Waals surface area contributed by atoms with Gasteiger partial charge in [0.1, 0.15) is 5.39 Å². The molecular formula is C15H22N4O4. The smallest absolute Gasteiger partial charge is 0.332 e. The lowest BCUT2D eigenvalue weighted by Crippen LogP contribution is -2.37. The standard InChI is InChI=1S/C15H22N4O4/c1-4-10-9-17-13-11(12(10)16-5-7-23-8-6-20)14(21)19(3)15(22)18(13)2/h9,20H,4-8H2,1-3H3,(H,16,17). The second-order valence-corrected chi connectivity index (χ2v) is 5.18. The minimum absolute atomic E-state index is 0.0267. The van der Waals surface area contributed by atoms with Crippen molar-refractivity contribution in [2.75, 3.05) is 31.7 Å². The number of aryl methyl sites for hydroxylation is 2. The average molecular weight is 322 g/mol. The summed E-state index contributed by atoms with van der Waals surface area (Å²) in [4.78, 5) is 28.8. The summed E-state index contributed by atoms with van der Waals surface area (Å²) in [5, 5.41) is 12.3. The molecule has 23 heavy (non-hydrogen) atoms. The van der Waals surface area contributed by atoms with Crippen LogP contribution in [0.5, 0.6) is 0 Å². The van der Waals surface area contributed by atoms with Gasteiger partial charge in [0, 0.05) is 26.8 Å². The predicted octanol–water partition coefficient (Wildman–Crippen LogP) is -0.385. The van der Waals surface area contributed by atoms with E-state index in [0.717, 1.165) is 10.1 Å². The van der Waals surface area contributed by atoms with Crippen LogP contribution in [-0.2, 0) is 25.3 Å². The zero-order valence-electron chi connectivity index (χ0n) is 13.6. The molecule has 2 N–H and O–H groups in total. The summed E-state index contributed by atoms with van der Waals surface area (Å²) < 4.78 is 7.67. The first kappa shape index (κ1) is 17.2. The molecule has 0 unspecified atom stereocenters. The summed E-state index contributed by atoms with van der Waals surface area (Å²) in [7, 11) is 3.05. The van der Waals surface area contributed by atoms with E-state index < -0.39 is 5.69 Å². The molecule has 0 aromatic carbocycles. The van der Waals surface area contributed by atoms with E-state index in [1.165, 1.54) is 11.6 Å². The minimum Gasteiger partial charge on any atom is -0.394 e. The van der Waals surface area contributed by atoms with Gasteiger partial charge in [0.15, 0.2) is 5.65 Å². The first-order chi connectivity index (χ1) is 11.0. The quantitative estimate of drug-likeness (QED) is 0.674. The van der Waals surface area contributed by atoms with Crippen molar-refractivity contribution < 1.29 is 9.84 Å².